The van der Waals surface area contributed by atoms with Crippen molar-refractivity contribution in [3.05, 3.63) is 101 Å². The number of ether oxygens (including phenoxy) is 1. The molecular formula is C27H24N2O2S2. The van der Waals surface area contributed by atoms with Crippen LogP contribution in [-0.4, -0.2) is 18.0 Å². The van der Waals surface area contributed by atoms with E-state index in [9.17, 15) is 4.79 Å². The number of rotatable bonds is 8. The molecule has 0 saturated heterocycles. The van der Waals surface area contributed by atoms with Crippen molar-refractivity contribution in [2.45, 2.75) is 17.6 Å². The molecule has 0 atom stereocenters. The highest BCUT2D eigenvalue weighted by atomic mass is 32.2. The van der Waals surface area contributed by atoms with Gasteiger partial charge in [0.1, 0.15) is 5.75 Å². The molecule has 4 aromatic rings. The van der Waals surface area contributed by atoms with Crippen molar-refractivity contribution in [1.82, 2.24) is 4.98 Å². The summed E-state index contributed by atoms with van der Waals surface area (Å²) in [6, 6.07) is 24.5. The Morgan fingerprint density at radius 2 is 1.76 bits per heavy atom. The number of carbonyl (C=O) groups is 1. The van der Waals surface area contributed by atoms with Gasteiger partial charge in [0.25, 0.3) is 0 Å². The molecule has 0 saturated carbocycles. The number of hydrogen-bond acceptors (Lipinski definition) is 5. The summed E-state index contributed by atoms with van der Waals surface area (Å²) in [5.74, 6) is 1.53. The number of nitrogens with one attached hydrogen (secondary N) is 1. The first-order valence-electron chi connectivity index (χ1n) is 10.5. The van der Waals surface area contributed by atoms with Gasteiger partial charge in [0.05, 0.1) is 12.8 Å². The lowest BCUT2D eigenvalue weighted by Crippen LogP contribution is -2.07. The highest BCUT2D eigenvalue weighted by Crippen LogP contribution is 2.27. The number of thioether (sulfide) groups is 1. The van der Waals surface area contributed by atoms with Crippen molar-refractivity contribution >= 4 is 40.2 Å². The standard InChI is InChI=1S/C27H24N2O2S2/c1-19-3-5-21(6-4-19)17-32-24-14-7-20(8-15-24)9-16-26(30)29-27-28-25(18-33-27)22-10-12-23(31-2)13-11-22/h3-16,18H,17H2,1-2H3,(H,28,29,30)/b16-9+. The molecule has 6 heteroatoms. The fourth-order valence-corrected chi connectivity index (χ4v) is 4.65. The van der Waals surface area contributed by atoms with E-state index in [1.807, 2.05) is 47.9 Å². The third-order valence-corrected chi connectivity index (χ3v) is 6.79. The summed E-state index contributed by atoms with van der Waals surface area (Å²) in [5, 5.41) is 5.32. The summed E-state index contributed by atoms with van der Waals surface area (Å²) in [4.78, 5) is 18.0. The fourth-order valence-electron chi connectivity index (χ4n) is 3.07. The van der Waals surface area contributed by atoms with E-state index < -0.39 is 0 Å². The van der Waals surface area contributed by atoms with Gasteiger partial charge in [-0.3, -0.25) is 10.1 Å². The number of benzene rings is 3. The summed E-state index contributed by atoms with van der Waals surface area (Å²) in [7, 11) is 1.64. The zero-order chi connectivity index (χ0) is 23.0. The van der Waals surface area contributed by atoms with Crippen molar-refractivity contribution in [2.24, 2.45) is 0 Å². The Hall–Kier alpha value is -3.35. The summed E-state index contributed by atoms with van der Waals surface area (Å²) in [6.07, 6.45) is 3.34. The molecule has 0 aliphatic heterocycles. The summed E-state index contributed by atoms with van der Waals surface area (Å²) in [5.41, 5.74) is 5.35. The molecule has 0 aliphatic rings. The van der Waals surface area contributed by atoms with Gasteiger partial charge in [0, 0.05) is 27.7 Å². The van der Waals surface area contributed by atoms with Gasteiger partial charge in [-0.15, -0.1) is 23.1 Å². The van der Waals surface area contributed by atoms with Crippen LogP contribution in [0.15, 0.2) is 89.1 Å². The van der Waals surface area contributed by atoms with Crippen LogP contribution >= 0.6 is 23.1 Å². The number of methoxy groups -OCH3 is 1. The maximum absolute atomic E-state index is 12.3. The molecule has 1 heterocycles. The molecule has 166 valence electrons. The molecule has 0 bridgehead atoms. The normalized spacial score (nSPS) is 11.0. The SMILES string of the molecule is COc1ccc(-c2csc(NC(=O)/C=C/c3ccc(SCc4ccc(C)cc4)cc3)n2)cc1. The van der Waals surface area contributed by atoms with Gasteiger partial charge in [-0.1, -0.05) is 42.0 Å². The van der Waals surface area contributed by atoms with Gasteiger partial charge >= 0.3 is 0 Å². The van der Waals surface area contributed by atoms with E-state index in [4.69, 9.17) is 4.74 Å². The van der Waals surface area contributed by atoms with Crippen LogP contribution in [0.1, 0.15) is 16.7 Å². The maximum Gasteiger partial charge on any atom is 0.250 e. The Morgan fingerprint density at radius 3 is 2.45 bits per heavy atom. The Bertz CT molecular complexity index is 1230. The van der Waals surface area contributed by atoms with E-state index >= 15 is 0 Å². The van der Waals surface area contributed by atoms with E-state index in [1.54, 1.807) is 18.9 Å². The van der Waals surface area contributed by atoms with Gasteiger partial charge in [0.2, 0.25) is 5.91 Å². The first kappa shape index (κ1) is 22.8. The lowest BCUT2D eigenvalue weighted by molar-refractivity contribution is -0.111. The van der Waals surface area contributed by atoms with E-state index in [0.717, 1.165) is 28.3 Å². The lowest BCUT2D eigenvalue weighted by Gasteiger charge is -2.03. The van der Waals surface area contributed by atoms with Crippen LogP contribution in [0.3, 0.4) is 0 Å². The third-order valence-electron chi connectivity index (χ3n) is 4.95. The Kier molecular flexibility index (Phi) is 7.60. The molecule has 4 rings (SSSR count). The number of aromatic nitrogens is 1. The summed E-state index contributed by atoms with van der Waals surface area (Å²) < 4.78 is 5.18. The Morgan fingerprint density at radius 1 is 1.03 bits per heavy atom. The number of carbonyl (C=O) groups excluding carboxylic acids is 1. The average molecular weight is 473 g/mol. The van der Waals surface area contributed by atoms with E-state index in [-0.39, 0.29) is 5.91 Å². The average Bonchev–Trinajstić information content (AvgIpc) is 3.31. The van der Waals surface area contributed by atoms with Gasteiger partial charge in [-0.25, -0.2) is 4.98 Å². The highest BCUT2D eigenvalue weighted by Gasteiger charge is 2.07. The van der Waals surface area contributed by atoms with Crippen molar-refractivity contribution in [3.63, 3.8) is 0 Å². The van der Waals surface area contributed by atoms with Crippen molar-refractivity contribution in [2.75, 3.05) is 12.4 Å². The molecule has 1 aromatic heterocycles. The van der Waals surface area contributed by atoms with Gasteiger partial charge in [-0.2, -0.15) is 0 Å². The first-order chi connectivity index (χ1) is 16.1. The number of aryl methyl sites for hydroxylation is 1. The molecular weight excluding hydrogens is 448 g/mol. The van der Waals surface area contributed by atoms with Crippen LogP contribution in [0, 0.1) is 6.92 Å². The number of thiazole rings is 1. The lowest BCUT2D eigenvalue weighted by atomic mass is 10.2. The quantitative estimate of drug-likeness (QED) is 0.220. The molecule has 0 fully saturated rings. The van der Waals surface area contributed by atoms with Crippen LogP contribution < -0.4 is 10.1 Å². The van der Waals surface area contributed by atoms with E-state index in [1.165, 1.54) is 33.4 Å². The molecule has 0 aliphatic carbocycles. The van der Waals surface area contributed by atoms with Crippen LogP contribution in [0.5, 0.6) is 5.75 Å². The molecule has 3 aromatic carbocycles. The topological polar surface area (TPSA) is 51.2 Å². The molecule has 1 N–H and O–H groups in total. The highest BCUT2D eigenvalue weighted by molar-refractivity contribution is 7.98. The van der Waals surface area contributed by atoms with E-state index in [0.29, 0.717) is 5.13 Å². The molecule has 33 heavy (non-hydrogen) atoms. The minimum atomic E-state index is -0.205. The van der Waals surface area contributed by atoms with Crippen LogP contribution in [-0.2, 0) is 10.5 Å². The zero-order valence-corrected chi connectivity index (χ0v) is 20.1. The second-order valence-corrected chi connectivity index (χ2v) is 9.34. The van der Waals surface area contributed by atoms with Gasteiger partial charge in [0.15, 0.2) is 5.13 Å². The monoisotopic (exact) mass is 472 g/mol. The van der Waals surface area contributed by atoms with Crippen molar-refractivity contribution in [3.8, 4) is 17.0 Å². The van der Waals surface area contributed by atoms with Gasteiger partial charge in [-0.05, 0) is 60.5 Å². The fraction of sp³-hybridized carbons (Fsp3) is 0.111. The largest absolute Gasteiger partial charge is 0.497 e. The van der Waals surface area contributed by atoms with Crippen LogP contribution in [0.25, 0.3) is 17.3 Å². The predicted molar refractivity (Wildman–Crippen MR) is 139 cm³/mol. The molecule has 0 radical (unpaired) electrons. The van der Waals surface area contributed by atoms with Crippen LogP contribution in [0.4, 0.5) is 5.13 Å². The Balaban J connectivity index is 1.29. The number of anilines is 1. The minimum absolute atomic E-state index is 0.205. The third kappa shape index (κ3) is 6.57. The number of amides is 1. The maximum atomic E-state index is 12.3. The Labute approximate surface area is 202 Å². The second-order valence-electron chi connectivity index (χ2n) is 7.43. The zero-order valence-electron chi connectivity index (χ0n) is 18.4. The van der Waals surface area contributed by atoms with Crippen molar-refractivity contribution < 1.29 is 9.53 Å². The van der Waals surface area contributed by atoms with Crippen LogP contribution in [0.2, 0.25) is 0 Å². The minimum Gasteiger partial charge on any atom is -0.497 e. The summed E-state index contributed by atoms with van der Waals surface area (Å²) in [6.45, 7) is 2.10. The number of hydrogen-bond donors (Lipinski definition) is 1. The summed E-state index contributed by atoms with van der Waals surface area (Å²) >= 11 is 3.20. The molecule has 1 amide bonds. The predicted octanol–water partition coefficient (Wildman–Crippen LogP) is 7.07. The van der Waals surface area contributed by atoms with Gasteiger partial charge < -0.3 is 4.74 Å². The van der Waals surface area contributed by atoms with E-state index in [2.05, 4.69) is 53.6 Å². The molecule has 4 nitrogen and oxygen atoms in total. The second kappa shape index (κ2) is 11.0. The van der Waals surface area contributed by atoms with Crippen molar-refractivity contribution in [1.29, 1.82) is 0 Å². The molecule has 0 spiro atoms. The first-order valence-corrected chi connectivity index (χ1v) is 12.3. The number of nitrogens with zero attached hydrogens (tertiary/aromatic N) is 1. The molecule has 0 unspecified atom stereocenters. The smallest absolute Gasteiger partial charge is 0.250 e.